The minimum atomic E-state index is -0.0637. The van der Waals surface area contributed by atoms with Crippen molar-refractivity contribution in [2.45, 2.75) is 32.9 Å². The number of carbonyl (C=O) groups excluding carboxylic acids is 1. The van der Waals surface area contributed by atoms with Gasteiger partial charge in [0.05, 0.1) is 12.5 Å². The normalized spacial score (nSPS) is 12.2. The van der Waals surface area contributed by atoms with Crippen LogP contribution in [0, 0.1) is 6.92 Å². The smallest absolute Gasteiger partial charge is 0.224 e. The predicted molar refractivity (Wildman–Crippen MR) is 81.4 cm³/mol. The number of thiazole rings is 1. The van der Waals surface area contributed by atoms with Crippen LogP contribution in [-0.2, 0) is 17.8 Å². The van der Waals surface area contributed by atoms with Gasteiger partial charge in [-0.15, -0.1) is 11.3 Å². The van der Waals surface area contributed by atoms with Crippen LogP contribution < -0.4 is 11.1 Å². The molecule has 1 aromatic carbocycles. The highest BCUT2D eigenvalue weighted by atomic mass is 32.1. The topological polar surface area (TPSA) is 68.0 Å². The van der Waals surface area contributed by atoms with Crippen molar-refractivity contribution < 1.29 is 4.79 Å². The van der Waals surface area contributed by atoms with Crippen molar-refractivity contribution in [3.8, 4) is 0 Å². The Labute approximate surface area is 123 Å². The van der Waals surface area contributed by atoms with E-state index in [1.54, 1.807) is 11.3 Å². The van der Waals surface area contributed by atoms with Crippen LogP contribution in [0.25, 0.3) is 0 Å². The van der Waals surface area contributed by atoms with Crippen molar-refractivity contribution in [1.82, 2.24) is 10.3 Å². The van der Waals surface area contributed by atoms with Gasteiger partial charge in [-0.25, -0.2) is 4.98 Å². The largest absolute Gasteiger partial charge is 0.347 e. The number of benzene rings is 1. The van der Waals surface area contributed by atoms with E-state index in [1.807, 2.05) is 43.5 Å². The number of nitrogens with two attached hydrogens (primary N) is 1. The summed E-state index contributed by atoms with van der Waals surface area (Å²) in [6.07, 6.45) is 0.349. The second kappa shape index (κ2) is 6.63. The zero-order valence-electron chi connectivity index (χ0n) is 11.7. The summed E-state index contributed by atoms with van der Waals surface area (Å²) in [5.41, 5.74) is 8.66. The van der Waals surface area contributed by atoms with E-state index in [4.69, 9.17) is 5.73 Å². The Kier molecular flexibility index (Phi) is 4.87. The van der Waals surface area contributed by atoms with E-state index in [0.29, 0.717) is 13.0 Å². The monoisotopic (exact) mass is 289 g/mol. The van der Waals surface area contributed by atoms with E-state index in [-0.39, 0.29) is 11.9 Å². The molecule has 3 N–H and O–H groups in total. The molecule has 4 nitrogen and oxygen atoms in total. The fourth-order valence-electron chi connectivity index (χ4n) is 2.03. The summed E-state index contributed by atoms with van der Waals surface area (Å²) in [4.78, 5) is 16.5. The Hall–Kier alpha value is -1.72. The molecule has 0 aliphatic carbocycles. The highest BCUT2D eigenvalue weighted by Crippen LogP contribution is 2.17. The maximum Gasteiger partial charge on any atom is 0.224 e. The third-order valence-electron chi connectivity index (χ3n) is 3.07. The second-order valence-electron chi connectivity index (χ2n) is 4.77. The Balaban J connectivity index is 1.98. The van der Waals surface area contributed by atoms with Crippen LogP contribution in [0.5, 0.6) is 0 Å². The minimum Gasteiger partial charge on any atom is -0.347 e. The summed E-state index contributed by atoms with van der Waals surface area (Å²) >= 11 is 1.57. The number of aryl methyl sites for hydroxylation is 1. The third kappa shape index (κ3) is 3.65. The number of rotatable bonds is 5. The summed E-state index contributed by atoms with van der Waals surface area (Å²) < 4.78 is 0. The molecule has 20 heavy (non-hydrogen) atoms. The first kappa shape index (κ1) is 14.7. The Bertz CT molecular complexity index is 594. The van der Waals surface area contributed by atoms with Crippen LogP contribution >= 0.6 is 11.3 Å². The van der Waals surface area contributed by atoms with Crippen molar-refractivity contribution in [3.63, 3.8) is 0 Å². The number of carbonyl (C=O) groups is 1. The van der Waals surface area contributed by atoms with Gasteiger partial charge in [0.25, 0.3) is 0 Å². The molecule has 106 valence electrons. The predicted octanol–water partition coefficient (Wildman–Crippen LogP) is 2.33. The molecule has 2 aromatic rings. The highest BCUT2D eigenvalue weighted by Gasteiger charge is 2.13. The molecule has 0 saturated heterocycles. The molecule has 0 radical (unpaired) electrons. The second-order valence-corrected chi connectivity index (χ2v) is 5.66. The number of hydrogen-bond acceptors (Lipinski definition) is 4. The summed E-state index contributed by atoms with van der Waals surface area (Å²) in [6, 6.07) is 7.70. The molecule has 1 unspecified atom stereocenters. The first-order valence-electron chi connectivity index (χ1n) is 6.58. The van der Waals surface area contributed by atoms with Gasteiger partial charge in [0, 0.05) is 17.6 Å². The molecule has 5 heteroatoms. The van der Waals surface area contributed by atoms with Gasteiger partial charge in [0.15, 0.2) is 0 Å². The van der Waals surface area contributed by atoms with Crippen molar-refractivity contribution in [1.29, 1.82) is 0 Å². The number of amides is 1. The molecule has 0 spiro atoms. The van der Waals surface area contributed by atoms with Crippen molar-refractivity contribution in [3.05, 3.63) is 51.5 Å². The zero-order valence-corrected chi connectivity index (χ0v) is 12.5. The molecule has 1 atom stereocenters. The third-order valence-corrected chi connectivity index (χ3v) is 4.22. The van der Waals surface area contributed by atoms with E-state index < -0.39 is 0 Å². The van der Waals surface area contributed by atoms with Crippen molar-refractivity contribution in [2.24, 2.45) is 5.73 Å². The first-order chi connectivity index (χ1) is 9.60. The molecule has 1 amide bonds. The molecule has 0 saturated carbocycles. The van der Waals surface area contributed by atoms with Crippen LogP contribution in [0.15, 0.2) is 29.6 Å². The van der Waals surface area contributed by atoms with Crippen LogP contribution in [-0.4, -0.2) is 10.9 Å². The zero-order chi connectivity index (χ0) is 14.5. The Morgan fingerprint density at radius 2 is 2.10 bits per heavy atom. The molecule has 1 heterocycles. The van der Waals surface area contributed by atoms with Crippen LogP contribution in [0.4, 0.5) is 0 Å². The van der Waals surface area contributed by atoms with Gasteiger partial charge in [-0.2, -0.15) is 0 Å². The van der Waals surface area contributed by atoms with Gasteiger partial charge in [-0.3, -0.25) is 4.79 Å². The lowest BCUT2D eigenvalue weighted by atomic mass is 10.0. The standard InChI is InChI=1S/C15H19N3OS/c1-10-9-20-15(17-10)11(2)18-14(19)7-12-5-3-4-6-13(12)8-16/h3-6,9,11H,7-8,16H2,1-2H3,(H,18,19). The van der Waals surface area contributed by atoms with Crippen molar-refractivity contribution >= 4 is 17.2 Å². The molecule has 2 rings (SSSR count). The van der Waals surface area contributed by atoms with Crippen LogP contribution in [0.1, 0.15) is 34.8 Å². The number of hydrogen-bond donors (Lipinski definition) is 2. The number of aromatic nitrogens is 1. The van der Waals surface area contributed by atoms with E-state index in [0.717, 1.165) is 21.8 Å². The van der Waals surface area contributed by atoms with Gasteiger partial charge < -0.3 is 11.1 Å². The maximum atomic E-state index is 12.1. The highest BCUT2D eigenvalue weighted by molar-refractivity contribution is 7.09. The average molecular weight is 289 g/mol. The molecule has 0 aliphatic rings. The van der Waals surface area contributed by atoms with Gasteiger partial charge in [-0.05, 0) is 25.0 Å². The van der Waals surface area contributed by atoms with Crippen molar-refractivity contribution in [2.75, 3.05) is 0 Å². The first-order valence-corrected chi connectivity index (χ1v) is 7.46. The van der Waals surface area contributed by atoms with E-state index >= 15 is 0 Å². The van der Waals surface area contributed by atoms with Gasteiger partial charge in [-0.1, -0.05) is 24.3 Å². The summed E-state index contributed by atoms with van der Waals surface area (Å²) in [6.45, 7) is 4.35. The van der Waals surface area contributed by atoms with Gasteiger partial charge >= 0.3 is 0 Å². The lowest BCUT2D eigenvalue weighted by molar-refractivity contribution is -0.121. The number of nitrogens with zero attached hydrogens (tertiary/aromatic N) is 1. The fourth-order valence-corrected chi connectivity index (χ4v) is 2.83. The molecule has 0 fully saturated rings. The van der Waals surface area contributed by atoms with Gasteiger partial charge in [0.2, 0.25) is 5.91 Å². The molecular weight excluding hydrogens is 270 g/mol. The SMILES string of the molecule is Cc1csc(C(C)NC(=O)Cc2ccccc2CN)n1. The summed E-state index contributed by atoms with van der Waals surface area (Å²) in [7, 11) is 0. The van der Waals surface area contributed by atoms with E-state index in [2.05, 4.69) is 10.3 Å². The maximum absolute atomic E-state index is 12.1. The van der Waals surface area contributed by atoms with Crippen LogP contribution in [0.2, 0.25) is 0 Å². The van der Waals surface area contributed by atoms with E-state index in [1.165, 1.54) is 0 Å². The Morgan fingerprint density at radius 3 is 2.70 bits per heavy atom. The quantitative estimate of drug-likeness (QED) is 0.887. The molecular formula is C15H19N3OS. The van der Waals surface area contributed by atoms with Gasteiger partial charge in [0.1, 0.15) is 5.01 Å². The number of nitrogens with one attached hydrogen (secondary N) is 1. The van der Waals surface area contributed by atoms with Crippen LogP contribution in [0.3, 0.4) is 0 Å². The lowest BCUT2D eigenvalue weighted by Crippen LogP contribution is -2.28. The fraction of sp³-hybridized carbons (Fsp3) is 0.333. The molecule has 0 aliphatic heterocycles. The van der Waals surface area contributed by atoms with E-state index in [9.17, 15) is 4.79 Å². The average Bonchev–Trinajstić information content (AvgIpc) is 2.86. The summed E-state index contributed by atoms with van der Waals surface area (Å²) in [5, 5.41) is 5.90. The lowest BCUT2D eigenvalue weighted by Gasteiger charge is -2.12. The summed E-state index contributed by atoms with van der Waals surface area (Å²) in [5.74, 6) is -0.00810. The Morgan fingerprint density at radius 1 is 1.40 bits per heavy atom. The molecule has 1 aromatic heterocycles. The molecule has 0 bridgehead atoms. The minimum absolute atomic E-state index is 0.00810.